The largest absolute Gasteiger partial charge is 0.322 e. The van der Waals surface area contributed by atoms with Gasteiger partial charge in [-0.1, -0.05) is 44.0 Å². The lowest BCUT2D eigenvalue weighted by Gasteiger charge is -2.11. The number of rotatable bonds is 4. The average Bonchev–Trinajstić information content (AvgIpc) is 2.65. The van der Waals surface area contributed by atoms with E-state index >= 15 is 0 Å². The number of carbonyl (C=O) groups is 2. The summed E-state index contributed by atoms with van der Waals surface area (Å²) in [5, 5.41) is 5.61. The normalized spacial score (nSPS) is 10.2. The van der Waals surface area contributed by atoms with Gasteiger partial charge in [0.15, 0.2) is 0 Å². The molecule has 0 atom stereocenters. The average molecular weight is 474 g/mol. The van der Waals surface area contributed by atoms with Gasteiger partial charge in [0.1, 0.15) is 0 Å². The summed E-state index contributed by atoms with van der Waals surface area (Å²) in [6.07, 6.45) is 0. The lowest BCUT2D eigenvalue weighted by Crippen LogP contribution is -2.20. The van der Waals surface area contributed by atoms with Gasteiger partial charge < -0.3 is 10.6 Å². The molecule has 3 rings (SSSR count). The zero-order valence-corrected chi connectivity index (χ0v) is 16.7. The third kappa shape index (κ3) is 4.59. The van der Waals surface area contributed by atoms with Crippen LogP contribution in [0.3, 0.4) is 0 Å². The lowest BCUT2D eigenvalue weighted by atomic mass is 10.1. The highest BCUT2D eigenvalue weighted by molar-refractivity contribution is 9.10. The van der Waals surface area contributed by atoms with Crippen LogP contribution in [0.1, 0.15) is 20.7 Å². The summed E-state index contributed by atoms with van der Waals surface area (Å²) in [4.78, 5) is 25.2. The molecular formula is C20H14Br2N2O2. The Balaban J connectivity index is 1.80. The Hall–Kier alpha value is -2.44. The van der Waals surface area contributed by atoms with Crippen molar-refractivity contribution < 1.29 is 9.59 Å². The zero-order chi connectivity index (χ0) is 18.5. The molecule has 130 valence electrons. The molecule has 0 bridgehead atoms. The highest BCUT2D eigenvalue weighted by atomic mass is 79.9. The van der Waals surface area contributed by atoms with Crippen LogP contribution in [0.25, 0.3) is 0 Å². The van der Waals surface area contributed by atoms with E-state index in [2.05, 4.69) is 42.5 Å². The van der Waals surface area contributed by atoms with E-state index in [4.69, 9.17) is 0 Å². The summed E-state index contributed by atoms with van der Waals surface area (Å²) < 4.78 is 1.84. The predicted molar refractivity (Wildman–Crippen MR) is 111 cm³/mol. The minimum Gasteiger partial charge on any atom is -0.322 e. The van der Waals surface area contributed by atoms with Crippen molar-refractivity contribution in [2.24, 2.45) is 0 Å². The monoisotopic (exact) mass is 472 g/mol. The molecule has 3 aromatic rings. The van der Waals surface area contributed by atoms with E-state index in [1.165, 1.54) is 0 Å². The molecule has 0 saturated carbocycles. The molecule has 0 spiro atoms. The van der Waals surface area contributed by atoms with Gasteiger partial charge in [0, 0.05) is 20.3 Å². The molecule has 0 heterocycles. The Labute approximate surface area is 167 Å². The fourth-order valence-corrected chi connectivity index (χ4v) is 2.87. The van der Waals surface area contributed by atoms with Crippen molar-refractivity contribution >= 4 is 55.0 Å². The molecular weight excluding hydrogens is 460 g/mol. The van der Waals surface area contributed by atoms with Crippen molar-refractivity contribution in [3.8, 4) is 0 Å². The summed E-state index contributed by atoms with van der Waals surface area (Å²) in [6.45, 7) is 0. The number of benzene rings is 3. The first-order valence-electron chi connectivity index (χ1n) is 7.76. The third-order valence-electron chi connectivity index (χ3n) is 3.62. The second-order valence-electron chi connectivity index (χ2n) is 5.47. The van der Waals surface area contributed by atoms with Crippen LogP contribution in [-0.2, 0) is 0 Å². The Morgan fingerprint density at radius 3 is 1.27 bits per heavy atom. The fourth-order valence-electron chi connectivity index (χ4n) is 2.34. The summed E-state index contributed by atoms with van der Waals surface area (Å²) in [7, 11) is 0. The van der Waals surface area contributed by atoms with E-state index < -0.39 is 0 Å². The maximum absolute atomic E-state index is 12.6. The van der Waals surface area contributed by atoms with E-state index in [-0.39, 0.29) is 11.8 Å². The maximum Gasteiger partial charge on any atom is 0.256 e. The van der Waals surface area contributed by atoms with Gasteiger partial charge in [-0.15, -0.1) is 0 Å². The van der Waals surface area contributed by atoms with Gasteiger partial charge in [0.05, 0.1) is 11.1 Å². The molecule has 3 aromatic carbocycles. The Kier molecular flexibility index (Phi) is 5.85. The highest BCUT2D eigenvalue weighted by Crippen LogP contribution is 2.19. The van der Waals surface area contributed by atoms with E-state index in [1.807, 2.05) is 24.3 Å². The van der Waals surface area contributed by atoms with Crippen molar-refractivity contribution in [1.29, 1.82) is 0 Å². The number of hydrogen-bond donors (Lipinski definition) is 2. The molecule has 0 radical (unpaired) electrons. The van der Waals surface area contributed by atoms with Crippen LogP contribution >= 0.6 is 31.9 Å². The number of anilines is 2. The van der Waals surface area contributed by atoms with Crippen molar-refractivity contribution in [3.05, 3.63) is 92.9 Å². The number of hydrogen-bond acceptors (Lipinski definition) is 2. The van der Waals surface area contributed by atoms with Crippen LogP contribution in [0.5, 0.6) is 0 Å². The smallest absolute Gasteiger partial charge is 0.256 e. The topological polar surface area (TPSA) is 58.2 Å². The van der Waals surface area contributed by atoms with E-state index in [0.717, 1.165) is 8.95 Å². The lowest BCUT2D eigenvalue weighted by molar-refractivity contribution is 0.0990. The fraction of sp³-hybridized carbons (Fsp3) is 0. The molecule has 0 fully saturated rings. The van der Waals surface area contributed by atoms with Crippen molar-refractivity contribution in [3.63, 3.8) is 0 Å². The van der Waals surface area contributed by atoms with E-state index in [1.54, 1.807) is 48.5 Å². The number of halogens is 2. The van der Waals surface area contributed by atoms with Crippen LogP contribution in [0.15, 0.2) is 81.7 Å². The molecule has 0 unspecified atom stereocenters. The third-order valence-corrected chi connectivity index (χ3v) is 4.68. The van der Waals surface area contributed by atoms with E-state index in [9.17, 15) is 9.59 Å². The molecule has 2 N–H and O–H groups in total. The standard InChI is InChI=1S/C20H14Br2N2O2/c21-13-5-9-15(10-6-13)23-19(25)17-3-1-2-4-18(17)20(26)24-16-11-7-14(22)8-12-16/h1-12H,(H,23,25)(H,24,26). The van der Waals surface area contributed by atoms with Gasteiger partial charge in [-0.3, -0.25) is 9.59 Å². The summed E-state index contributed by atoms with van der Waals surface area (Å²) in [5.74, 6) is -0.678. The van der Waals surface area contributed by atoms with Crippen LogP contribution in [-0.4, -0.2) is 11.8 Å². The first kappa shape index (κ1) is 18.4. The first-order chi connectivity index (χ1) is 12.5. The molecule has 0 saturated heterocycles. The minimum atomic E-state index is -0.339. The maximum atomic E-state index is 12.6. The zero-order valence-electron chi connectivity index (χ0n) is 13.5. The Morgan fingerprint density at radius 2 is 0.923 bits per heavy atom. The summed E-state index contributed by atoms with van der Waals surface area (Å²) in [5.41, 5.74) is 1.93. The van der Waals surface area contributed by atoms with Gasteiger partial charge >= 0.3 is 0 Å². The number of amides is 2. The SMILES string of the molecule is O=C(Nc1ccc(Br)cc1)c1ccccc1C(=O)Nc1ccc(Br)cc1. The molecule has 0 aliphatic rings. The minimum absolute atomic E-state index is 0.310. The number of nitrogens with one attached hydrogen (secondary N) is 2. The Morgan fingerprint density at radius 1 is 0.577 bits per heavy atom. The molecule has 0 aromatic heterocycles. The van der Waals surface area contributed by atoms with Crippen LogP contribution < -0.4 is 10.6 Å². The summed E-state index contributed by atoms with van der Waals surface area (Å²) >= 11 is 6.71. The molecule has 4 nitrogen and oxygen atoms in total. The molecule has 6 heteroatoms. The van der Waals surface area contributed by atoms with Crippen molar-refractivity contribution in [2.75, 3.05) is 10.6 Å². The highest BCUT2D eigenvalue weighted by Gasteiger charge is 2.17. The predicted octanol–water partition coefficient (Wildman–Crippen LogP) is 5.72. The first-order valence-corrected chi connectivity index (χ1v) is 9.34. The second kappa shape index (κ2) is 8.29. The second-order valence-corrected chi connectivity index (χ2v) is 7.30. The van der Waals surface area contributed by atoms with Crippen LogP contribution in [0.2, 0.25) is 0 Å². The van der Waals surface area contributed by atoms with E-state index in [0.29, 0.717) is 22.5 Å². The molecule has 26 heavy (non-hydrogen) atoms. The van der Waals surface area contributed by atoms with Gasteiger partial charge in [-0.05, 0) is 60.7 Å². The summed E-state index contributed by atoms with van der Waals surface area (Å²) in [6, 6.07) is 21.2. The van der Waals surface area contributed by atoms with Crippen molar-refractivity contribution in [1.82, 2.24) is 0 Å². The number of carbonyl (C=O) groups excluding carboxylic acids is 2. The van der Waals surface area contributed by atoms with Gasteiger partial charge in [-0.2, -0.15) is 0 Å². The molecule has 0 aliphatic carbocycles. The molecule has 0 aliphatic heterocycles. The van der Waals surface area contributed by atoms with Gasteiger partial charge in [0.2, 0.25) is 0 Å². The Bertz CT molecular complexity index is 860. The quantitative estimate of drug-likeness (QED) is 0.509. The molecule has 2 amide bonds. The van der Waals surface area contributed by atoms with Crippen LogP contribution in [0.4, 0.5) is 11.4 Å². The van der Waals surface area contributed by atoms with Crippen LogP contribution in [0, 0.1) is 0 Å². The van der Waals surface area contributed by atoms with Gasteiger partial charge in [0.25, 0.3) is 11.8 Å². The van der Waals surface area contributed by atoms with Crippen molar-refractivity contribution in [2.45, 2.75) is 0 Å². The van der Waals surface area contributed by atoms with Gasteiger partial charge in [-0.25, -0.2) is 0 Å².